The van der Waals surface area contributed by atoms with E-state index in [9.17, 15) is 22.7 Å². The Morgan fingerprint density at radius 1 is 1.24 bits per heavy atom. The van der Waals surface area contributed by atoms with Crippen LogP contribution in [0.3, 0.4) is 0 Å². The van der Waals surface area contributed by atoms with Crippen molar-refractivity contribution in [3.05, 3.63) is 29.6 Å². The van der Waals surface area contributed by atoms with Crippen LogP contribution in [-0.4, -0.2) is 29.8 Å². The minimum absolute atomic E-state index is 0.0621. The third-order valence-corrected chi connectivity index (χ3v) is 4.31. The monoisotopic (exact) mass is 361 g/mol. The van der Waals surface area contributed by atoms with Gasteiger partial charge in [0.1, 0.15) is 0 Å². The zero-order valence-electron chi connectivity index (χ0n) is 14.0. The van der Waals surface area contributed by atoms with Crippen LogP contribution < -0.4 is 10.6 Å². The molecule has 140 valence electrons. The minimum atomic E-state index is -4.12. The molecule has 3 N–H and O–H groups in total. The normalized spacial score (nSPS) is 21.9. The number of aliphatic imine (C=N–C) groups is 1. The van der Waals surface area contributed by atoms with E-state index in [4.69, 9.17) is 0 Å². The van der Waals surface area contributed by atoms with Gasteiger partial charge in [0.2, 0.25) is 0 Å². The van der Waals surface area contributed by atoms with Gasteiger partial charge in [-0.1, -0.05) is 6.07 Å². The fourth-order valence-corrected chi connectivity index (χ4v) is 2.90. The summed E-state index contributed by atoms with van der Waals surface area (Å²) in [5, 5.41) is 15.4. The number of guanidine groups is 1. The predicted molar refractivity (Wildman–Crippen MR) is 87.8 cm³/mol. The summed E-state index contributed by atoms with van der Waals surface area (Å²) in [6.45, 7) is 2.69. The van der Waals surface area contributed by atoms with E-state index in [-0.39, 0.29) is 25.4 Å². The van der Waals surface area contributed by atoms with Gasteiger partial charge in [-0.2, -0.15) is 13.2 Å². The van der Waals surface area contributed by atoms with Gasteiger partial charge in [0, 0.05) is 12.6 Å². The fraction of sp³-hybridized carbons (Fsp3) is 0.588. The predicted octanol–water partition coefficient (Wildman–Crippen LogP) is 3.71. The number of phenols is 1. The van der Waals surface area contributed by atoms with Crippen molar-refractivity contribution in [2.24, 2.45) is 10.9 Å². The summed E-state index contributed by atoms with van der Waals surface area (Å²) in [5.74, 6) is -1.85. The lowest BCUT2D eigenvalue weighted by Crippen LogP contribution is -2.45. The van der Waals surface area contributed by atoms with Crippen LogP contribution in [0, 0.1) is 11.7 Å². The molecule has 0 aromatic heterocycles. The Morgan fingerprint density at radius 3 is 2.48 bits per heavy atom. The molecular formula is C17H23F4N3O. The van der Waals surface area contributed by atoms with Crippen LogP contribution in [0.1, 0.15) is 38.2 Å². The number of nitrogens with one attached hydrogen (secondary N) is 2. The molecule has 1 aromatic carbocycles. The molecular weight excluding hydrogens is 338 g/mol. The lowest BCUT2D eigenvalue weighted by Gasteiger charge is -2.31. The highest BCUT2D eigenvalue weighted by Crippen LogP contribution is 2.37. The summed E-state index contributed by atoms with van der Waals surface area (Å²) in [5.41, 5.74) is 0.591. The van der Waals surface area contributed by atoms with Gasteiger partial charge in [0.05, 0.1) is 12.5 Å². The number of halogens is 4. The Balaban J connectivity index is 1.93. The fourth-order valence-electron chi connectivity index (χ4n) is 2.90. The highest BCUT2D eigenvalue weighted by Gasteiger charge is 2.41. The van der Waals surface area contributed by atoms with E-state index < -0.39 is 23.7 Å². The smallest absolute Gasteiger partial charge is 0.391 e. The number of hydrogen-bond donors (Lipinski definition) is 3. The van der Waals surface area contributed by atoms with Crippen molar-refractivity contribution >= 4 is 5.96 Å². The van der Waals surface area contributed by atoms with Gasteiger partial charge in [-0.25, -0.2) is 9.38 Å². The Hall–Kier alpha value is -1.99. The van der Waals surface area contributed by atoms with Gasteiger partial charge >= 0.3 is 6.18 Å². The molecule has 25 heavy (non-hydrogen) atoms. The quantitative estimate of drug-likeness (QED) is 0.435. The average molecular weight is 361 g/mol. The number of hydrogen-bond acceptors (Lipinski definition) is 2. The summed E-state index contributed by atoms with van der Waals surface area (Å²) in [6, 6.07) is 3.98. The van der Waals surface area contributed by atoms with E-state index >= 15 is 0 Å². The average Bonchev–Trinajstić information content (AvgIpc) is 2.55. The lowest BCUT2D eigenvalue weighted by molar-refractivity contribution is -0.182. The van der Waals surface area contributed by atoms with Gasteiger partial charge in [0.15, 0.2) is 17.5 Å². The molecule has 0 atom stereocenters. The van der Waals surface area contributed by atoms with E-state index in [1.807, 2.05) is 6.92 Å². The second-order valence-corrected chi connectivity index (χ2v) is 6.22. The van der Waals surface area contributed by atoms with Crippen LogP contribution >= 0.6 is 0 Å². The van der Waals surface area contributed by atoms with Crippen LogP contribution in [0.5, 0.6) is 5.75 Å². The first-order valence-electron chi connectivity index (χ1n) is 8.38. The molecule has 1 saturated carbocycles. The van der Waals surface area contributed by atoms with Gasteiger partial charge in [0.25, 0.3) is 0 Å². The van der Waals surface area contributed by atoms with Crippen molar-refractivity contribution < 1.29 is 22.7 Å². The van der Waals surface area contributed by atoms with Gasteiger partial charge in [-0.15, -0.1) is 0 Å². The Kier molecular flexibility index (Phi) is 6.50. The molecule has 0 aliphatic heterocycles. The van der Waals surface area contributed by atoms with E-state index in [0.29, 0.717) is 30.9 Å². The standard InChI is InChI=1S/C17H23F4N3O/c1-2-22-16(23-10-11-3-8-15(25)14(18)9-11)24-13-6-4-12(5-7-13)17(19,20)21/h3,8-9,12-13,25H,2,4-7,10H2,1H3,(H2,22,23,24). The largest absolute Gasteiger partial charge is 0.505 e. The molecule has 2 rings (SSSR count). The molecule has 1 aliphatic carbocycles. The number of rotatable bonds is 4. The van der Waals surface area contributed by atoms with Crippen molar-refractivity contribution in [2.75, 3.05) is 6.54 Å². The molecule has 0 spiro atoms. The highest BCUT2D eigenvalue weighted by atomic mass is 19.4. The molecule has 0 saturated heterocycles. The second-order valence-electron chi connectivity index (χ2n) is 6.22. The van der Waals surface area contributed by atoms with Crippen LogP contribution in [0.2, 0.25) is 0 Å². The highest BCUT2D eigenvalue weighted by molar-refractivity contribution is 5.80. The number of aromatic hydroxyl groups is 1. The topological polar surface area (TPSA) is 56.7 Å². The van der Waals surface area contributed by atoms with Crippen molar-refractivity contribution in [3.63, 3.8) is 0 Å². The Bertz CT molecular complexity index is 596. The van der Waals surface area contributed by atoms with E-state index in [2.05, 4.69) is 15.6 Å². The van der Waals surface area contributed by atoms with Crippen molar-refractivity contribution in [1.82, 2.24) is 10.6 Å². The van der Waals surface area contributed by atoms with Crippen molar-refractivity contribution in [2.45, 2.75) is 51.4 Å². The summed E-state index contributed by atoms with van der Waals surface area (Å²) in [4.78, 5) is 4.34. The number of nitrogens with zero attached hydrogens (tertiary/aromatic N) is 1. The summed E-state index contributed by atoms with van der Waals surface area (Å²) >= 11 is 0. The molecule has 4 nitrogen and oxygen atoms in total. The van der Waals surface area contributed by atoms with Gasteiger partial charge in [-0.05, 0) is 50.3 Å². The third-order valence-electron chi connectivity index (χ3n) is 4.31. The minimum Gasteiger partial charge on any atom is -0.505 e. The Morgan fingerprint density at radius 2 is 1.92 bits per heavy atom. The second kappa shape index (κ2) is 8.40. The number of alkyl halides is 3. The first kappa shape index (κ1) is 19.3. The molecule has 1 fully saturated rings. The Labute approximate surface area is 144 Å². The zero-order chi connectivity index (χ0) is 18.4. The SMILES string of the molecule is CCNC(=NCc1ccc(O)c(F)c1)NC1CCC(C(F)(F)F)CC1. The lowest BCUT2D eigenvalue weighted by atomic mass is 9.85. The van der Waals surface area contributed by atoms with Gasteiger partial charge < -0.3 is 15.7 Å². The maximum absolute atomic E-state index is 13.3. The summed E-state index contributed by atoms with van der Waals surface area (Å²) in [7, 11) is 0. The molecule has 1 aliphatic rings. The molecule has 0 bridgehead atoms. The molecule has 0 radical (unpaired) electrons. The molecule has 0 amide bonds. The summed E-state index contributed by atoms with van der Waals surface area (Å²) < 4.78 is 51.5. The third kappa shape index (κ3) is 5.79. The maximum Gasteiger partial charge on any atom is 0.391 e. The molecule has 0 heterocycles. The van der Waals surface area contributed by atoms with Crippen molar-refractivity contribution in [1.29, 1.82) is 0 Å². The van der Waals surface area contributed by atoms with Crippen LogP contribution in [0.15, 0.2) is 23.2 Å². The number of benzene rings is 1. The van der Waals surface area contributed by atoms with Crippen molar-refractivity contribution in [3.8, 4) is 5.75 Å². The maximum atomic E-state index is 13.3. The zero-order valence-corrected chi connectivity index (χ0v) is 14.0. The number of phenolic OH excluding ortho intramolecular Hbond substituents is 1. The first-order valence-corrected chi connectivity index (χ1v) is 8.38. The van der Waals surface area contributed by atoms with Crippen LogP contribution in [0.4, 0.5) is 17.6 Å². The van der Waals surface area contributed by atoms with Gasteiger partial charge in [-0.3, -0.25) is 0 Å². The van der Waals surface area contributed by atoms with E-state index in [0.717, 1.165) is 0 Å². The molecule has 8 heteroatoms. The van der Waals surface area contributed by atoms with Crippen LogP contribution in [-0.2, 0) is 6.54 Å². The van der Waals surface area contributed by atoms with E-state index in [1.165, 1.54) is 12.1 Å². The molecule has 1 aromatic rings. The van der Waals surface area contributed by atoms with E-state index in [1.54, 1.807) is 6.07 Å². The first-order chi connectivity index (χ1) is 11.8. The summed E-state index contributed by atoms with van der Waals surface area (Å²) in [6.07, 6.45) is -3.02. The molecule has 0 unspecified atom stereocenters. The van der Waals surface area contributed by atoms with Crippen LogP contribution in [0.25, 0.3) is 0 Å².